The van der Waals surface area contributed by atoms with Gasteiger partial charge < -0.3 is 29.2 Å². The lowest BCUT2D eigenvalue weighted by atomic mass is 9.30. The topological polar surface area (TPSA) is 25.4 Å². The summed E-state index contributed by atoms with van der Waals surface area (Å²) in [5.74, 6) is 1.67. The summed E-state index contributed by atoms with van der Waals surface area (Å²) in [5, 5.41) is 4.97. The predicted molar refractivity (Wildman–Crippen MR) is 452 cm³/mol. The molecule has 10 heteroatoms. The van der Waals surface area contributed by atoms with Gasteiger partial charge in [-0.25, -0.2) is 0 Å². The Hall–Kier alpha value is -13.1. The molecule has 18 aromatic rings. The van der Waals surface area contributed by atoms with Crippen molar-refractivity contribution in [3.63, 3.8) is 0 Å². The van der Waals surface area contributed by atoms with E-state index in [4.69, 9.17) is 4.74 Å². The van der Waals surface area contributed by atoms with E-state index < -0.39 is 0 Å². The molecule has 2 aromatic heterocycles. The summed E-state index contributed by atoms with van der Waals surface area (Å²) in [6.07, 6.45) is 0. The van der Waals surface area contributed by atoms with Gasteiger partial charge in [-0.2, -0.15) is 0 Å². The molecule has 0 N–H and O–H groups in total. The molecule has 16 aromatic carbocycles. The molecule has 0 bridgehead atoms. The zero-order chi connectivity index (χ0) is 69.5. The van der Waals surface area contributed by atoms with Gasteiger partial charge in [0.15, 0.2) is 0 Å². The van der Waals surface area contributed by atoms with Crippen molar-refractivity contribution in [2.75, 3.05) is 24.5 Å². The quantitative estimate of drug-likeness (QED) is 0.120. The van der Waals surface area contributed by atoms with Crippen LogP contribution in [-0.2, 0) is 0 Å². The van der Waals surface area contributed by atoms with Gasteiger partial charge in [-0.3, -0.25) is 0 Å². The van der Waals surface area contributed by atoms with E-state index >= 15 is 0 Å². The lowest BCUT2D eigenvalue weighted by Crippen LogP contribution is -2.64. The van der Waals surface area contributed by atoms with Crippen LogP contribution in [0, 0.1) is 0 Å². The molecule has 0 aliphatic carbocycles. The predicted octanol–water partition coefficient (Wildman–Crippen LogP) is 23.2. The Labute approximate surface area is 623 Å². The number of ether oxygens (including phenoxy) is 1. The number of rotatable bonds is 11. The molecule has 4 aliphatic heterocycles. The Morgan fingerprint density at radius 2 is 0.632 bits per heavy atom. The van der Waals surface area contributed by atoms with Crippen LogP contribution in [0.2, 0.25) is 0 Å². The van der Waals surface area contributed by atoms with E-state index in [1.54, 1.807) is 0 Å². The third-order valence-electron chi connectivity index (χ3n) is 22.0. The van der Waals surface area contributed by atoms with Crippen molar-refractivity contribution in [2.24, 2.45) is 0 Å². The van der Waals surface area contributed by atoms with Gasteiger partial charge in [0.2, 0.25) is 0 Å². The van der Waals surface area contributed by atoms with E-state index in [-0.39, 0.29) is 13.4 Å². The van der Waals surface area contributed by atoms with Crippen LogP contribution in [0.5, 0.6) is 11.5 Å². The maximum absolute atomic E-state index is 7.51. The molecule has 6 nitrogen and oxygen atoms in total. The maximum atomic E-state index is 7.51. The monoisotopic (exact) mass is 1390 g/mol. The molecule has 106 heavy (non-hydrogen) atoms. The van der Waals surface area contributed by atoms with Crippen LogP contribution >= 0.6 is 22.7 Å². The highest BCUT2D eigenvalue weighted by atomic mass is 32.1. The fourth-order valence-electron chi connectivity index (χ4n) is 17.6. The fourth-order valence-corrected chi connectivity index (χ4v) is 20.0. The second-order valence-electron chi connectivity index (χ2n) is 27.8. The zero-order valence-corrected chi connectivity index (χ0v) is 59.0. The Morgan fingerprint density at radius 3 is 1.17 bits per heavy atom. The minimum atomic E-state index is -0.279. The summed E-state index contributed by atoms with van der Waals surface area (Å²) >= 11 is 3.75. The molecule has 6 heterocycles. The van der Waals surface area contributed by atoms with Crippen LogP contribution < -0.4 is 62.0 Å². The van der Waals surface area contributed by atoms with Crippen LogP contribution in [-0.4, -0.2) is 13.4 Å². The first-order valence-electron chi connectivity index (χ1n) is 36.3. The van der Waals surface area contributed by atoms with E-state index in [1.807, 2.05) is 22.7 Å². The zero-order valence-electron chi connectivity index (χ0n) is 57.3. The Balaban J connectivity index is 0.915. The van der Waals surface area contributed by atoms with Crippen molar-refractivity contribution < 1.29 is 4.74 Å². The maximum Gasteiger partial charge on any atom is 0.256 e. The second kappa shape index (κ2) is 24.3. The molecule has 4 aliphatic rings. The minimum absolute atomic E-state index is 0.261. The van der Waals surface area contributed by atoms with Crippen LogP contribution in [0.25, 0.3) is 62.6 Å². The molecule has 0 unspecified atom stereocenters. The number of benzene rings is 16. The highest BCUT2D eigenvalue weighted by molar-refractivity contribution is 7.27. The third kappa shape index (κ3) is 9.31. The number of fused-ring (bicyclic) bond motifs is 14. The summed E-state index contributed by atoms with van der Waals surface area (Å²) in [6, 6.07) is 137. The SMILES string of the molecule is c1ccc(-c2cccc(-c3ccccc3)c2N2c3cc4c(cc3B3c5ccccc5N(c5cccc6c5sc5ccccc56)c5cc(N(c6ccccc6)c6ccccc6)cc2c53)B2c3ccccc3Oc3cc(N(c5ccccc5)c5ccccc5)cc(c32)N4c2cccc3c2sc2ccccc23)cc1. The normalized spacial score (nSPS) is 12.9. The molecule has 0 spiro atoms. The van der Waals surface area contributed by atoms with E-state index in [0.717, 1.165) is 130 Å². The van der Waals surface area contributed by atoms with Gasteiger partial charge in [0.25, 0.3) is 13.4 Å². The smallest absolute Gasteiger partial charge is 0.256 e. The summed E-state index contributed by atoms with van der Waals surface area (Å²) in [7, 11) is 0. The van der Waals surface area contributed by atoms with E-state index in [9.17, 15) is 0 Å². The van der Waals surface area contributed by atoms with Gasteiger partial charge in [0, 0.05) is 105 Å². The van der Waals surface area contributed by atoms with Crippen molar-refractivity contribution >= 4 is 195 Å². The van der Waals surface area contributed by atoms with Crippen molar-refractivity contribution in [1.82, 2.24) is 0 Å². The van der Waals surface area contributed by atoms with Gasteiger partial charge in [-0.15, -0.1) is 22.7 Å². The number of nitrogens with zero attached hydrogens (tertiary/aromatic N) is 5. The summed E-state index contributed by atoms with van der Waals surface area (Å²) in [4.78, 5) is 12.8. The number of anilines is 15. The molecular weight excluding hydrogens is 1320 g/mol. The minimum Gasteiger partial charge on any atom is -0.458 e. The van der Waals surface area contributed by atoms with Crippen molar-refractivity contribution in [2.45, 2.75) is 0 Å². The molecule has 0 radical (unpaired) electrons. The van der Waals surface area contributed by atoms with E-state index in [1.165, 1.54) is 62.2 Å². The lowest BCUT2D eigenvalue weighted by molar-refractivity contribution is 0.487. The largest absolute Gasteiger partial charge is 0.458 e. The van der Waals surface area contributed by atoms with Crippen LogP contribution in [0.4, 0.5) is 85.3 Å². The number of para-hydroxylation sites is 7. The van der Waals surface area contributed by atoms with Gasteiger partial charge in [-0.05, 0) is 153 Å². The average molecular weight is 1390 g/mol. The first-order valence-corrected chi connectivity index (χ1v) is 37.9. The van der Waals surface area contributed by atoms with Gasteiger partial charge in [0.05, 0.1) is 37.8 Å². The number of hydrogen-bond donors (Lipinski definition) is 0. The second-order valence-corrected chi connectivity index (χ2v) is 29.9. The van der Waals surface area contributed by atoms with Crippen molar-refractivity contribution in [3.05, 3.63) is 370 Å². The van der Waals surface area contributed by atoms with Crippen LogP contribution in [0.15, 0.2) is 370 Å². The molecule has 0 saturated heterocycles. The Morgan fingerprint density at radius 1 is 0.245 bits per heavy atom. The average Bonchev–Trinajstić information content (AvgIpc) is 0.739. The third-order valence-corrected chi connectivity index (χ3v) is 24.4. The van der Waals surface area contributed by atoms with E-state index in [0.29, 0.717) is 0 Å². The molecule has 0 fully saturated rings. The van der Waals surface area contributed by atoms with Crippen molar-refractivity contribution in [3.8, 4) is 33.8 Å². The number of hydrogen-bond acceptors (Lipinski definition) is 8. The highest BCUT2D eigenvalue weighted by Crippen LogP contribution is 2.56. The molecule has 0 saturated carbocycles. The van der Waals surface area contributed by atoms with E-state index in [2.05, 4.69) is 395 Å². The molecular formula is C96H61B2N5OS2. The summed E-state index contributed by atoms with van der Waals surface area (Å²) in [6.45, 7) is -0.540. The molecule has 0 amide bonds. The molecule has 0 atom stereocenters. The first kappa shape index (κ1) is 60.5. The summed E-state index contributed by atoms with van der Waals surface area (Å²) < 4.78 is 12.5. The Bertz CT molecular complexity index is 6420. The van der Waals surface area contributed by atoms with Crippen molar-refractivity contribution in [1.29, 1.82) is 0 Å². The fraction of sp³-hybridized carbons (Fsp3) is 0. The molecule has 494 valence electrons. The van der Waals surface area contributed by atoms with Gasteiger partial charge in [-0.1, -0.05) is 255 Å². The lowest BCUT2D eigenvalue weighted by Gasteiger charge is -2.47. The standard InChI is InChI=1S/C96H61B2N5OS2/c1-7-30-62(31-8-1)70-44-27-45-71(63-32-9-2-10-33-63)94(70)103-84-61-83-78(98-77-49-22-24-53-88(77)104-89-59-69(100(66-38-15-5-16-39-66)67-40-17-6-18-41-67)58-87(93(89)98)102(83)82-52-29-47-75-73-43-20-26-55-91(73)106-96(75)82)60-79(84)97-76-48-21-23-50-80(76)101(81-51-28-46-74-72-42-19-25-54-90(72)105-95(74)81)85-56-68(57-86(103)92(85)97)99(64-34-11-3-12-35-64)65-36-13-4-14-37-65/h1-61H. The van der Waals surface area contributed by atoms with Crippen LogP contribution in [0.1, 0.15) is 0 Å². The van der Waals surface area contributed by atoms with Gasteiger partial charge >= 0.3 is 0 Å². The van der Waals surface area contributed by atoms with Gasteiger partial charge in [0.1, 0.15) is 11.5 Å². The molecule has 22 rings (SSSR count). The summed E-state index contributed by atoms with van der Waals surface area (Å²) in [5.41, 5.74) is 27.7. The van der Waals surface area contributed by atoms with Crippen LogP contribution in [0.3, 0.4) is 0 Å². The highest BCUT2D eigenvalue weighted by Gasteiger charge is 2.49. The first-order chi connectivity index (χ1) is 52.6. The Kier molecular flexibility index (Phi) is 13.8. The number of thiophene rings is 2.